The zero-order valence-corrected chi connectivity index (χ0v) is 11.6. The molecule has 4 heteroatoms. The van der Waals surface area contributed by atoms with Crippen LogP contribution >= 0.6 is 0 Å². The molecule has 2 aromatic carbocycles. The lowest BCUT2D eigenvalue weighted by Crippen LogP contribution is -2.00. The Hall–Kier alpha value is -2.38. The van der Waals surface area contributed by atoms with Crippen molar-refractivity contribution in [1.82, 2.24) is 0 Å². The predicted molar refractivity (Wildman–Crippen MR) is 77.8 cm³/mol. The summed E-state index contributed by atoms with van der Waals surface area (Å²) in [7, 11) is 0. The minimum atomic E-state index is -0.409. The van der Waals surface area contributed by atoms with Crippen LogP contribution in [0.2, 0.25) is 0 Å². The molecule has 2 rings (SSSR count). The number of aryl methyl sites for hydroxylation is 1. The summed E-state index contributed by atoms with van der Waals surface area (Å²) < 4.78 is 32.5. The first kappa shape index (κ1) is 15.0. The summed E-state index contributed by atoms with van der Waals surface area (Å²) in [5.41, 5.74) is 7.00. The molecule has 0 heterocycles. The van der Waals surface area contributed by atoms with Gasteiger partial charge in [-0.2, -0.15) is 0 Å². The van der Waals surface area contributed by atoms with Gasteiger partial charge in [0.05, 0.1) is 6.54 Å². The SMILES string of the molecule is Cc1ccc(F)cc1OCc1ccc(C#CCN)cc1F. The van der Waals surface area contributed by atoms with Crippen molar-refractivity contribution < 1.29 is 13.5 Å². The van der Waals surface area contributed by atoms with Gasteiger partial charge in [-0.3, -0.25) is 0 Å². The molecule has 0 saturated heterocycles. The Morgan fingerprint density at radius 3 is 2.67 bits per heavy atom. The van der Waals surface area contributed by atoms with Gasteiger partial charge in [-0.05, 0) is 30.7 Å². The first-order valence-electron chi connectivity index (χ1n) is 6.46. The molecule has 0 bridgehead atoms. The minimum absolute atomic E-state index is 0.0285. The molecule has 0 fully saturated rings. The van der Waals surface area contributed by atoms with Crippen LogP contribution in [0.5, 0.6) is 5.75 Å². The third kappa shape index (κ3) is 4.04. The Bertz CT molecular complexity index is 702. The van der Waals surface area contributed by atoms with Gasteiger partial charge >= 0.3 is 0 Å². The average molecular weight is 287 g/mol. The highest BCUT2D eigenvalue weighted by Crippen LogP contribution is 2.21. The van der Waals surface area contributed by atoms with Crippen molar-refractivity contribution >= 4 is 0 Å². The number of nitrogens with two attached hydrogens (primary N) is 1. The molecular weight excluding hydrogens is 272 g/mol. The van der Waals surface area contributed by atoms with Crippen LogP contribution in [-0.2, 0) is 6.61 Å². The Morgan fingerprint density at radius 1 is 1.14 bits per heavy atom. The fraction of sp³-hybridized carbons (Fsp3) is 0.176. The summed E-state index contributed by atoms with van der Waals surface area (Å²) in [6, 6.07) is 8.89. The smallest absolute Gasteiger partial charge is 0.131 e. The van der Waals surface area contributed by atoms with E-state index in [9.17, 15) is 8.78 Å². The van der Waals surface area contributed by atoms with Crippen LogP contribution in [0.25, 0.3) is 0 Å². The number of hydrogen-bond acceptors (Lipinski definition) is 2. The van der Waals surface area contributed by atoms with Crippen LogP contribution in [0.1, 0.15) is 16.7 Å². The van der Waals surface area contributed by atoms with Crippen molar-refractivity contribution in [3.05, 3.63) is 64.7 Å². The normalized spacial score (nSPS) is 9.90. The lowest BCUT2D eigenvalue weighted by atomic mass is 10.1. The molecule has 0 aromatic heterocycles. The second kappa shape index (κ2) is 6.87. The zero-order chi connectivity index (χ0) is 15.2. The van der Waals surface area contributed by atoms with E-state index in [1.807, 2.05) is 0 Å². The van der Waals surface area contributed by atoms with Crippen LogP contribution in [0, 0.1) is 30.4 Å². The molecule has 2 aromatic rings. The molecule has 0 spiro atoms. The number of benzene rings is 2. The van der Waals surface area contributed by atoms with Gasteiger partial charge in [0.1, 0.15) is 24.0 Å². The molecule has 0 unspecified atom stereocenters. The average Bonchev–Trinajstić information content (AvgIpc) is 2.47. The molecule has 2 nitrogen and oxygen atoms in total. The van der Waals surface area contributed by atoms with Gasteiger partial charge in [-0.1, -0.05) is 24.0 Å². The van der Waals surface area contributed by atoms with Crippen molar-refractivity contribution in [2.24, 2.45) is 5.73 Å². The van der Waals surface area contributed by atoms with Gasteiger partial charge in [0, 0.05) is 17.2 Å². The second-order valence-electron chi connectivity index (χ2n) is 4.51. The molecule has 0 amide bonds. The Balaban J connectivity index is 2.11. The van der Waals surface area contributed by atoms with Crippen LogP contribution in [0.3, 0.4) is 0 Å². The number of hydrogen-bond donors (Lipinski definition) is 1. The fourth-order valence-electron chi connectivity index (χ4n) is 1.78. The van der Waals surface area contributed by atoms with Crippen LogP contribution in [-0.4, -0.2) is 6.54 Å². The lowest BCUT2D eigenvalue weighted by molar-refractivity contribution is 0.296. The monoisotopic (exact) mass is 287 g/mol. The van der Waals surface area contributed by atoms with Crippen molar-refractivity contribution in [2.75, 3.05) is 6.54 Å². The van der Waals surface area contributed by atoms with E-state index < -0.39 is 5.82 Å². The summed E-state index contributed by atoms with van der Waals surface area (Å²) in [6.45, 7) is 2.06. The Labute approximate surface area is 122 Å². The van der Waals surface area contributed by atoms with Gasteiger partial charge in [0.15, 0.2) is 0 Å². The summed E-state index contributed by atoms with van der Waals surface area (Å²) in [5, 5.41) is 0. The van der Waals surface area contributed by atoms with Gasteiger partial charge in [0.25, 0.3) is 0 Å². The van der Waals surface area contributed by atoms with Crippen molar-refractivity contribution in [2.45, 2.75) is 13.5 Å². The number of halogens is 2. The maximum absolute atomic E-state index is 13.9. The van der Waals surface area contributed by atoms with E-state index >= 15 is 0 Å². The quantitative estimate of drug-likeness (QED) is 0.880. The van der Waals surface area contributed by atoms with Gasteiger partial charge in [0.2, 0.25) is 0 Å². The predicted octanol–water partition coefficient (Wildman–Crippen LogP) is 3.16. The number of rotatable bonds is 3. The first-order valence-corrected chi connectivity index (χ1v) is 6.46. The summed E-state index contributed by atoms with van der Waals surface area (Å²) in [6.07, 6.45) is 0. The summed E-state index contributed by atoms with van der Waals surface area (Å²) in [5.74, 6) is 5.03. The third-order valence-corrected chi connectivity index (χ3v) is 2.92. The maximum atomic E-state index is 13.9. The molecule has 0 atom stereocenters. The molecule has 21 heavy (non-hydrogen) atoms. The molecule has 0 aliphatic rings. The molecule has 0 saturated carbocycles. The molecule has 0 aliphatic heterocycles. The standard InChI is InChI=1S/C17H15F2NO/c1-12-4-7-15(18)10-17(12)21-11-14-6-5-13(3-2-8-20)9-16(14)19/h4-7,9-10H,8,11,20H2,1H3. The van der Waals surface area contributed by atoms with E-state index in [1.165, 1.54) is 18.2 Å². The highest BCUT2D eigenvalue weighted by Gasteiger charge is 2.06. The van der Waals surface area contributed by atoms with Crippen LogP contribution in [0.15, 0.2) is 36.4 Å². The number of ether oxygens (including phenoxy) is 1. The van der Waals surface area contributed by atoms with Gasteiger partial charge < -0.3 is 10.5 Å². The Morgan fingerprint density at radius 2 is 1.95 bits per heavy atom. The molecule has 2 N–H and O–H groups in total. The van der Waals surface area contributed by atoms with Crippen LogP contribution in [0.4, 0.5) is 8.78 Å². The van der Waals surface area contributed by atoms with E-state index in [1.54, 1.807) is 25.1 Å². The topological polar surface area (TPSA) is 35.2 Å². The van der Waals surface area contributed by atoms with E-state index in [0.717, 1.165) is 5.56 Å². The highest BCUT2D eigenvalue weighted by molar-refractivity contribution is 5.38. The molecule has 0 aliphatic carbocycles. The molecule has 108 valence electrons. The van der Waals surface area contributed by atoms with E-state index in [-0.39, 0.29) is 19.0 Å². The highest BCUT2D eigenvalue weighted by atomic mass is 19.1. The molecular formula is C17H15F2NO. The third-order valence-electron chi connectivity index (χ3n) is 2.92. The van der Waals surface area contributed by atoms with Crippen molar-refractivity contribution in [3.63, 3.8) is 0 Å². The van der Waals surface area contributed by atoms with E-state index in [2.05, 4.69) is 11.8 Å². The maximum Gasteiger partial charge on any atom is 0.131 e. The largest absolute Gasteiger partial charge is 0.488 e. The van der Waals surface area contributed by atoms with Crippen LogP contribution < -0.4 is 10.5 Å². The fourth-order valence-corrected chi connectivity index (χ4v) is 1.78. The minimum Gasteiger partial charge on any atom is -0.488 e. The van der Waals surface area contributed by atoms with Gasteiger partial charge in [-0.25, -0.2) is 8.78 Å². The van der Waals surface area contributed by atoms with Crippen molar-refractivity contribution in [1.29, 1.82) is 0 Å². The van der Waals surface area contributed by atoms with E-state index in [0.29, 0.717) is 16.9 Å². The molecule has 0 radical (unpaired) electrons. The summed E-state index contributed by atoms with van der Waals surface area (Å²) >= 11 is 0. The van der Waals surface area contributed by atoms with Gasteiger partial charge in [-0.15, -0.1) is 0 Å². The zero-order valence-electron chi connectivity index (χ0n) is 11.6. The second-order valence-corrected chi connectivity index (χ2v) is 4.51. The lowest BCUT2D eigenvalue weighted by Gasteiger charge is -2.10. The Kier molecular flexibility index (Phi) is 4.91. The first-order chi connectivity index (χ1) is 10.1. The van der Waals surface area contributed by atoms with E-state index in [4.69, 9.17) is 10.5 Å². The van der Waals surface area contributed by atoms with Crippen molar-refractivity contribution in [3.8, 4) is 17.6 Å². The summed E-state index contributed by atoms with van der Waals surface area (Å²) in [4.78, 5) is 0.